The van der Waals surface area contributed by atoms with E-state index in [-0.39, 0.29) is 0 Å². The van der Waals surface area contributed by atoms with Crippen LogP contribution >= 0.6 is 0 Å². The van der Waals surface area contributed by atoms with Crippen molar-refractivity contribution in [1.82, 2.24) is 10.6 Å². The van der Waals surface area contributed by atoms with Crippen LogP contribution in [0.4, 0.5) is 56.9 Å². The van der Waals surface area contributed by atoms with Crippen molar-refractivity contribution in [3.63, 3.8) is 0 Å². The zero-order chi connectivity index (χ0) is 27.7. The van der Waals surface area contributed by atoms with Crippen LogP contribution in [-0.4, -0.2) is 0 Å². The molecule has 41 heavy (non-hydrogen) atoms. The quantitative estimate of drug-likeness (QED) is 0.165. The van der Waals surface area contributed by atoms with Crippen LogP contribution < -0.4 is 26.6 Å². The zero-order valence-corrected chi connectivity index (χ0v) is 22.4. The van der Waals surface area contributed by atoms with Crippen LogP contribution in [-0.2, 0) is 0 Å². The molecule has 0 aliphatic carbocycles. The third-order valence-corrected chi connectivity index (χ3v) is 6.40. The first-order valence-corrected chi connectivity index (χ1v) is 13.5. The minimum absolute atomic E-state index is 0.901. The van der Waals surface area contributed by atoms with Crippen molar-refractivity contribution in [1.29, 1.82) is 0 Å². The van der Waals surface area contributed by atoms with Gasteiger partial charge in [-0.15, -0.1) is 0 Å². The molecule has 0 saturated carbocycles. The molecule has 5 nitrogen and oxygen atoms in total. The predicted octanol–water partition coefficient (Wildman–Crippen LogP) is 10.1. The molecule has 0 aliphatic rings. The molecule has 0 aliphatic heterocycles. The van der Waals surface area contributed by atoms with E-state index in [4.69, 9.17) is 10.6 Å². The molecular formula is C36H29N5. The zero-order valence-electron chi connectivity index (χ0n) is 22.4. The minimum atomic E-state index is 0.901. The summed E-state index contributed by atoms with van der Waals surface area (Å²) >= 11 is 0. The molecule has 0 unspecified atom stereocenters. The number of nitrogens with one attached hydrogen (secondary N) is 3. The minimum Gasteiger partial charge on any atom is -0.356 e. The van der Waals surface area contributed by atoms with Gasteiger partial charge in [0.2, 0.25) is 0 Å². The average molecular weight is 532 g/mol. The number of anilines is 6. The van der Waals surface area contributed by atoms with Crippen molar-refractivity contribution in [3.8, 4) is 0 Å². The van der Waals surface area contributed by atoms with Crippen LogP contribution in [0, 0.1) is 0 Å². The lowest BCUT2D eigenvalue weighted by Crippen LogP contribution is -1.94. The van der Waals surface area contributed by atoms with Crippen molar-refractivity contribution >= 4 is 56.9 Å². The summed E-state index contributed by atoms with van der Waals surface area (Å²) in [6, 6.07) is 52.7. The molecule has 2 radical (unpaired) electrons. The third kappa shape index (κ3) is 7.25. The highest BCUT2D eigenvalue weighted by Gasteiger charge is 2.03. The monoisotopic (exact) mass is 531 g/mol. The van der Waals surface area contributed by atoms with Gasteiger partial charge in [0.15, 0.2) is 0 Å². The van der Waals surface area contributed by atoms with Crippen LogP contribution in [0.1, 0.15) is 0 Å². The number of hydrogen-bond acceptors (Lipinski definition) is 3. The predicted molar refractivity (Wildman–Crippen MR) is 171 cm³/mol. The van der Waals surface area contributed by atoms with Crippen molar-refractivity contribution < 1.29 is 0 Å². The lowest BCUT2D eigenvalue weighted by molar-refractivity contribution is 1.19. The van der Waals surface area contributed by atoms with E-state index in [1.165, 1.54) is 0 Å². The van der Waals surface area contributed by atoms with Crippen LogP contribution in [0.15, 0.2) is 158 Å². The molecular weight excluding hydrogens is 502 g/mol. The Morgan fingerprint density at radius 2 is 0.463 bits per heavy atom. The average Bonchev–Trinajstić information content (AvgIpc) is 3.02. The van der Waals surface area contributed by atoms with Gasteiger partial charge in [-0.1, -0.05) is 36.4 Å². The number of nitrogens with zero attached hydrogens (tertiary/aromatic N) is 2. The number of benzene rings is 6. The third-order valence-electron chi connectivity index (χ3n) is 6.40. The summed E-state index contributed by atoms with van der Waals surface area (Å²) in [4.78, 5) is 0. The van der Waals surface area contributed by atoms with E-state index < -0.39 is 0 Å². The second kappa shape index (κ2) is 12.5. The standard InChI is InChI=1S/C36H29N5/c1-3-7-27(8-4-1)37-29-11-15-31(16-12-29)39-33-19-23-35(24-20-33)41-36-25-21-34(22-26-36)40-32-17-13-30(14-18-32)38-28-9-5-2-6-10-28/h1-26,37-38,41H. The van der Waals surface area contributed by atoms with Gasteiger partial charge in [-0.25, -0.2) is 10.6 Å². The molecule has 0 amide bonds. The van der Waals surface area contributed by atoms with Crippen molar-refractivity contribution in [2.24, 2.45) is 0 Å². The number of para-hydroxylation sites is 2. The summed E-state index contributed by atoms with van der Waals surface area (Å²) in [5, 5.41) is 19.7. The maximum Gasteiger partial charge on any atom is 0.0638 e. The highest BCUT2D eigenvalue weighted by Crippen LogP contribution is 2.26. The van der Waals surface area contributed by atoms with Gasteiger partial charge in [0, 0.05) is 34.1 Å². The Balaban J connectivity index is 0.995. The van der Waals surface area contributed by atoms with E-state index in [0.717, 1.165) is 56.9 Å². The molecule has 6 aromatic rings. The Bertz CT molecular complexity index is 1520. The molecule has 3 N–H and O–H groups in total. The smallest absolute Gasteiger partial charge is 0.0638 e. The summed E-state index contributed by atoms with van der Waals surface area (Å²) in [6.07, 6.45) is 0. The Morgan fingerprint density at radius 1 is 0.244 bits per heavy atom. The molecule has 0 aromatic heterocycles. The van der Waals surface area contributed by atoms with Gasteiger partial charge in [0.1, 0.15) is 0 Å². The Kier molecular flexibility index (Phi) is 7.77. The van der Waals surface area contributed by atoms with Gasteiger partial charge in [-0.2, -0.15) is 0 Å². The molecule has 198 valence electrons. The first kappa shape index (κ1) is 25.6. The van der Waals surface area contributed by atoms with Gasteiger partial charge in [-0.05, 0) is 121 Å². The Labute approximate surface area is 240 Å². The molecule has 0 atom stereocenters. The Hall–Kier alpha value is -5.68. The van der Waals surface area contributed by atoms with E-state index >= 15 is 0 Å². The van der Waals surface area contributed by atoms with E-state index in [1.54, 1.807) is 0 Å². The van der Waals surface area contributed by atoms with Crippen LogP contribution in [0.25, 0.3) is 0 Å². The van der Waals surface area contributed by atoms with E-state index in [1.807, 2.05) is 158 Å². The van der Waals surface area contributed by atoms with Crippen molar-refractivity contribution in [3.05, 3.63) is 158 Å². The molecule has 0 bridgehead atoms. The molecule has 0 heterocycles. The fourth-order valence-corrected chi connectivity index (χ4v) is 4.32. The lowest BCUT2D eigenvalue weighted by atomic mass is 10.2. The highest BCUT2D eigenvalue weighted by molar-refractivity contribution is 5.67. The highest BCUT2D eigenvalue weighted by atomic mass is 14.9. The molecule has 0 fully saturated rings. The second-order valence-corrected chi connectivity index (χ2v) is 9.52. The molecule has 6 aromatic carbocycles. The first-order chi connectivity index (χ1) is 20.2. The maximum absolute atomic E-state index is 4.74. The SMILES string of the molecule is c1ccc(Nc2ccc([N]c3ccc(Nc4ccc([N]c5ccc(Nc6ccccc6)cc5)cc4)cc3)cc2)cc1. The van der Waals surface area contributed by atoms with Crippen LogP contribution in [0.2, 0.25) is 0 Å². The second-order valence-electron chi connectivity index (χ2n) is 9.52. The molecule has 0 spiro atoms. The maximum atomic E-state index is 4.74. The van der Waals surface area contributed by atoms with Gasteiger partial charge in [0.05, 0.1) is 22.7 Å². The number of rotatable bonds is 10. The summed E-state index contributed by atoms with van der Waals surface area (Å²) < 4.78 is 0. The van der Waals surface area contributed by atoms with E-state index in [9.17, 15) is 0 Å². The van der Waals surface area contributed by atoms with Gasteiger partial charge < -0.3 is 16.0 Å². The van der Waals surface area contributed by atoms with E-state index in [2.05, 4.69) is 16.0 Å². The topological polar surface area (TPSA) is 64.3 Å². The Morgan fingerprint density at radius 3 is 0.707 bits per heavy atom. The van der Waals surface area contributed by atoms with Gasteiger partial charge in [0.25, 0.3) is 0 Å². The molecule has 0 saturated heterocycles. The summed E-state index contributed by atoms with van der Waals surface area (Å²) in [7, 11) is 0. The van der Waals surface area contributed by atoms with Crippen LogP contribution in [0.3, 0.4) is 0 Å². The van der Waals surface area contributed by atoms with Gasteiger partial charge >= 0.3 is 0 Å². The summed E-state index contributed by atoms with van der Waals surface area (Å²) in [6.45, 7) is 0. The normalized spacial score (nSPS) is 10.4. The fraction of sp³-hybridized carbons (Fsp3) is 0. The number of hydrogen-bond donors (Lipinski definition) is 3. The largest absolute Gasteiger partial charge is 0.356 e. The van der Waals surface area contributed by atoms with Crippen LogP contribution in [0.5, 0.6) is 0 Å². The fourth-order valence-electron chi connectivity index (χ4n) is 4.32. The van der Waals surface area contributed by atoms with Crippen molar-refractivity contribution in [2.75, 3.05) is 16.0 Å². The molecule has 5 heteroatoms. The van der Waals surface area contributed by atoms with E-state index in [0.29, 0.717) is 0 Å². The molecule has 6 rings (SSSR count). The van der Waals surface area contributed by atoms with Gasteiger partial charge in [-0.3, -0.25) is 0 Å². The lowest BCUT2D eigenvalue weighted by Gasteiger charge is -2.10. The first-order valence-electron chi connectivity index (χ1n) is 13.5. The summed E-state index contributed by atoms with van der Waals surface area (Å²) in [5.74, 6) is 0. The summed E-state index contributed by atoms with van der Waals surface area (Å²) in [5.41, 5.74) is 9.80. The van der Waals surface area contributed by atoms with Crippen molar-refractivity contribution in [2.45, 2.75) is 0 Å².